The van der Waals surface area contributed by atoms with Crippen molar-refractivity contribution in [2.24, 2.45) is 4.99 Å². The van der Waals surface area contributed by atoms with Gasteiger partial charge in [-0.25, -0.2) is 13.6 Å². The normalized spacial score (nSPS) is 18.2. The van der Waals surface area contributed by atoms with Gasteiger partial charge in [-0.3, -0.25) is 10.3 Å². The zero-order chi connectivity index (χ0) is 14.0. The summed E-state index contributed by atoms with van der Waals surface area (Å²) >= 11 is 0. The lowest BCUT2D eigenvalue weighted by Gasteiger charge is -2.23. The number of nitrogens with one attached hydrogen (secondary N) is 1. The topological polar surface area (TPSA) is 53.9 Å². The molecule has 0 radical (unpaired) electrons. The fourth-order valence-corrected chi connectivity index (χ4v) is 1.91. The van der Waals surface area contributed by atoms with Crippen molar-refractivity contribution in [2.45, 2.75) is 6.04 Å². The summed E-state index contributed by atoms with van der Waals surface area (Å²) in [7, 11) is 2.87. The Kier molecular flexibility index (Phi) is 3.64. The average molecular weight is 269 g/mol. The van der Waals surface area contributed by atoms with Gasteiger partial charge in [0.2, 0.25) is 5.96 Å². The number of hydrogen-bond donors (Lipinski definition) is 1. The second-order valence-electron chi connectivity index (χ2n) is 4.05. The number of alkyl carbamates (subject to hydrolysis) is 1. The molecule has 1 aliphatic rings. The average Bonchev–Trinajstić information content (AvgIpc) is 2.74. The number of likely N-dealkylation sites (N-methyl/N-ethyl adjacent to an activating group) is 1. The third-order valence-corrected chi connectivity index (χ3v) is 2.96. The highest BCUT2D eigenvalue weighted by atomic mass is 19.2. The van der Waals surface area contributed by atoms with E-state index in [9.17, 15) is 13.6 Å². The summed E-state index contributed by atoms with van der Waals surface area (Å²) in [5.74, 6) is -1.53. The van der Waals surface area contributed by atoms with E-state index in [1.54, 1.807) is 11.9 Å². The van der Waals surface area contributed by atoms with E-state index in [0.29, 0.717) is 0 Å². The third-order valence-electron chi connectivity index (χ3n) is 2.96. The number of nitrogens with zero attached hydrogens (tertiary/aromatic N) is 2. The number of rotatable bonds is 1. The Morgan fingerprint density at radius 2 is 2.26 bits per heavy atom. The molecule has 0 aromatic heterocycles. The highest BCUT2D eigenvalue weighted by Gasteiger charge is 2.29. The molecular weight excluding hydrogens is 256 g/mol. The van der Waals surface area contributed by atoms with E-state index >= 15 is 0 Å². The largest absolute Gasteiger partial charge is 0.453 e. The maximum atomic E-state index is 13.7. The highest BCUT2D eigenvalue weighted by molar-refractivity contribution is 5.94. The molecular formula is C12H13F2N3O2. The van der Waals surface area contributed by atoms with E-state index in [1.807, 2.05) is 0 Å². The molecule has 0 spiro atoms. The van der Waals surface area contributed by atoms with Crippen LogP contribution < -0.4 is 5.32 Å². The molecule has 1 aromatic carbocycles. The fraction of sp³-hybridized carbons (Fsp3) is 0.333. The number of hydrogen-bond acceptors (Lipinski definition) is 4. The first kappa shape index (κ1) is 13.3. The summed E-state index contributed by atoms with van der Waals surface area (Å²) in [4.78, 5) is 16.7. The minimum atomic E-state index is -0.903. The van der Waals surface area contributed by atoms with Gasteiger partial charge in [-0.15, -0.1) is 0 Å². The number of guanidine groups is 1. The van der Waals surface area contributed by atoms with Crippen molar-refractivity contribution in [3.8, 4) is 0 Å². The van der Waals surface area contributed by atoms with Crippen molar-refractivity contribution >= 4 is 12.1 Å². The molecule has 1 heterocycles. The van der Waals surface area contributed by atoms with Crippen molar-refractivity contribution in [2.75, 3.05) is 20.7 Å². The number of aliphatic imine (C=N–C) groups is 1. The van der Waals surface area contributed by atoms with E-state index in [-0.39, 0.29) is 18.1 Å². The molecule has 1 unspecified atom stereocenters. The Labute approximate surface area is 108 Å². The molecule has 7 heteroatoms. The van der Waals surface area contributed by atoms with Crippen molar-refractivity contribution in [3.63, 3.8) is 0 Å². The predicted molar refractivity (Wildman–Crippen MR) is 64.7 cm³/mol. The van der Waals surface area contributed by atoms with Gasteiger partial charge in [0.25, 0.3) is 0 Å². The maximum absolute atomic E-state index is 13.7. The summed E-state index contributed by atoms with van der Waals surface area (Å²) in [6.45, 7) is 0.232. The van der Waals surface area contributed by atoms with Crippen molar-refractivity contribution in [1.29, 1.82) is 0 Å². The molecule has 0 aliphatic carbocycles. The van der Waals surface area contributed by atoms with Crippen LogP contribution in [0.5, 0.6) is 0 Å². The SMILES string of the molecule is COC(=O)NC1=NCC(c2cccc(F)c2F)N1C. The number of amides is 1. The number of carbonyl (C=O) groups excluding carboxylic acids is 1. The second-order valence-corrected chi connectivity index (χ2v) is 4.05. The van der Waals surface area contributed by atoms with E-state index in [1.165, 1.54) is 19.2 Å². The number of benzene rings is 1. The summed E-state index contributed by atoms with van der Waals surface area (Å²) in [5.41, 5.74) is 0.202. The van der Waals surface area contributed by atoms with E-state index in [2.05, 4.69) is 15.0 Å². The first-order valence-corrected chi connectivity index (χ1v) is 5.60. The number of carbonyl (C=O) groups is 1. The van der Waals surface area contributed by atoms with Gasteiger partial charge < -0.3 is 9.64 Å². The Hall–Kier alpha value is -2.18. The molecule has 1 N–H and O–H groups in total. The van der Waals surface area contributed by atoms with Gasteiger partial charge in [0.15, 0.2) is 11.6 Å². The third kappa shape index (κ3) is 2.49. The van der Waals surface area contributed by atoms with Gasteiger partial charge in [-0.2, -0.15) is 0 Å². The van der Waals surface area contributed by atoms with Crippen LogP contribution in [-0.4, -0.2) is 37.7 Å². The van der Waals surface area contributed by atoms with E-state index < -0.39 is 23.8 Å². The molecule has 19 heavy (non-hydrogen) atoms. The molecule has 2 rings (SSSR count). The number of methoxy groups -OCH3 is 1. The Morgan fingerprint density at radius 1 is 1.53 bits per heavy atom. The molecule has 0 bridgehead atoms. The lowest BCUT2D eigenvalue weighted by atomic mass is 10.1. The summed E-state index contributed by atoms with van der Waals surface area (Å²) in [6.07, 6.45) is -0.661. The molecule has 102 valence electrons. The first-order chi connectivity index (χ1) is 9.04. The van der Waals surface area contributed by atoms with Crippen molar-refractivity contribution in [1.82, 2.24) is 10.2 Å². The lowest BCUT2D eigenvalue weighted by Crippen LogP contribution is -2.40. The first-order valence-electron chi connectivity index (χ1n) is 5.60. The molecule has 5 nitrogen and oxygen atoms in total. The molecule has 1 aromatic rings. The zero-order valence-corrected chi connectivity index (χ0v) is 10.5. The van der Waals surface area contributed by atoms with Crippen LogP contribution in [0.15, 0.2) is 23.2 Å². The van der Waals surface area contributed by atoms with Gasteiger partial charge in [0.05, 0.1) is 19.7 Å². The maximum Gasteiger partial charge on any atom is 0.413 e. The highest BCUT2D eigenvalue weighted by Crippen LogP contribution is 2.27. The monoisotopic (exact) mass is 269 g/mol. The van der Waals surface area contributed by atoms with Gasteiger partial charge in [0.1, 0.15) is 0 Å². The number of ether oxygens (including phenoxy) is 1. The standard InChI is InChI=1S/C12H13F2N3O2/c1-17-9(6-15-11(17)16-12(18)19-2)7-4-3-5-8(13)10(7)14/h3-5,9H,6H2,1-2H3,(H,15,16,18). The molecule has 1 aliphatic heterocycles. The Balaban J connectivity index is 2.18. The molecule has 0 fully saturated rings. The smallest absolute Gasteiger partial charge is 0.413 e. The van der Waals surface area contributed by atoms with E-state index in [4.69, 9.17) is 0 Å². The van der Waals surface area contributed by atoms with Crippen LogP contribution in [0.25, 0.3) is 0 Å². The summed E-state index contributed by atoms with van der Waals surface area (Å²) in [6, 6.07) is 3.54. The van der Waals surface area contributed by atoms with Gasteiger partial charge in [-0.05, 0) is 6.07 Å². The molecule has 0 saturated carbocycles. The fourth-order valence-electron chi connectivity index (χ4n) is 1.91. The number of halogens is 2. The predicted octanol–water partition coefficient (Wildman–Crippen LogP) is 1.66. The Morgan fingerprint density at radius 3 is 2.95 bits per heavy atom. The van der Waals surface area contributed by atoms with Crippen LogP contribution in [0.2, 0.25) is 0 Å². The van der Waals surface area contributed by atoms with Crippen LogP contribution in [0.1, 0.15) is 11.6 Å². The zero-order valence-electron chi connectivity index (χ0n) is 10.5. The summed E-state index contributed by atoms with van der Waals surface area (Å²) in [5, 5.41) is 2.41. The van der Waals surface area contributed by atoms with Crippen LogP contribution >= 0.6 is 0 Å². The Bertz CT molecular complexity index is 534. The van der Waals surface area contributed by atoms with Gasteiger partial charge in [0, 0.05) is 12.6 Å². The van der Waals surface area contributed by atoms with Gasteiger partial charge >= 0.3 is 6.09 Å². The quantitative estimate of drug-likeness (QED) is 0.843. The molecule has 1 atom stereocenters. The molecule has 0 saturated heterocycles. The summed E-state index contributed by atoms with van der Waals surface area (Å²) < 4.78 is 31.4. The van der Waals surface area contributed by atoms with E-state index in [0.717, 1.165) is 6.07 Å². The van der Waals surface area contributed by atoms with Crippen LogP contribution in [-0.2, 0) is 4.74 Å². The van der Waals surface area contributed by atoms with Crippen LogP contribution in [0.4, 0.5) is 13.6 Å². The molecule has 1 amide bonds. The van der Waals surface area contributed by atoms with Gasteiger partial charge in [-0.1, -0.05) is 12.1 Å². The van der Waals surface area contributed by atoms with Crippen LogP contribution in [0, 0.1) is 11.6 Å². The van der Waals surface area contributed by atoms with Crippen LogP contribution in [0.3, 0.4) is 0 Å². The van der Waals surface area contributed by atoms with Crippen molar-refractivity contribution in [3.05, 3.63) is 35.4 Å². The van der Waals surface area contributed by atoms with Crippen molar-refractivity contribution < 1.29 is 18.3 Å². The second kappa shape index (κ2) is 5.21. The minimum absolute atomic E-state index is 0.202. The lowest BCUT2D eigenvalue weighted by molar-refractivity contribution is 0.175. The minimum Gasteiger partial charge on any atom is -0.453 e.